The third kappa shape index (κ3) is 2.34. The predicted molar refractivity (Wildman–Crippen MR) is 42.6 cm³/mol. The van der Waals surface area contributed by atoms with Crippen LogP contribution in [0, 0.1) is 0 Å². The molecule has 1 heterocycles. The summed E-state index contributed by atoms with van der Waals surface area (Å²) in [4.78, 5) is 16.4. The normalized spacial score (nSPS) is 12.8. The van der Waals surface area contributed by atoms with E-state index < -0.39 is 10.8 Å². The molecule has 1 unspecified atom stereocenters. The van der Waals surface area contributed by atoms with E-state index in [1.165, 1.54) is 6.33 Å². The molecule has 1 aromatic heterocycles. The Bertz CT molecular complexity index is 235. The molecule has 1 aromatic rings. The third-order valence-corrected chi connectivity index (χ3v) is 1.93. The van der Waals surface area contributed by atoms with Crippen molar-refractivity contribution in [3.05, 3.63) is 18.2 Å². The summed E-state index contributed by atoms with van der Waals surface area (Å²) in [7, 11) is 0. The van der Waals surface area contributed by atoms with Crippen LogP contribution in [0.25, 0.3) is 0 Å². The number of rotatable bonds is 3. The number of aliphatic carboxylic acids is 1. The van der Waals surface area contributed by atoms with Crippen molar-refractivity contribution in [1.82, 2.24) is 9.97 Å². The van der Waals surface area contributed by atoms with E-state index in [-0.39, 0.29) is 0 Å². The summed E-state index contributed by atoms with van der Waals surface area (Å²) in [5, 5.41) is 8.50. The van der Waals surface area contributed by atoms with E-state index in [2.05, 4.69) is 25.9 Å². The van der Waals surface area contributed by atoms with Gasteiger partial charge in [0.05, 0.1) is 12.0 Å². The van der Waals surface area contributed by atoms with Crippen molar-refractivity contribution in [2.75, 3.05) is 0 Å². The number of aromatic amines is 1. The number of alkyl halides is 1. The molecular weight excluding hydrogens is 212 g/mol. The van der Waals surface area contributed by atoms with Crippen LogP contribution in [0.4, 0.5) is 0 Å². The molecule has 0 aliphatic carbocycles. The van der Waals surface area contributed by atoms with E-state index in [1.54, 1.807) is 6.20 Å². The number of H-pyrrole nitrogens is 1. The highest BCUT2D eigenvalue weighted by molar-refractivity contribution is 9.10. The second-order valence-electron chi connectivity index (χ2n) is 2.07. The zero-order valence-electron chi connectivity index (χ0n) is 5.62. The first-order valence-electron chi connectivity index (χ1n) is 3.04. The van der Waals surface area contributed by atoms with Crippen molar-refractivity contribution in [2.24, 2.45) is 0 Å². The zero-order chi connectivity index (χ0) is 8.27. The summed E-state index contributed by atoms with van der Waals surface area (Å²) in [6.07, 6.45) is 3.60. The van der Waals surface area contributed by atoms with E-state index in [1.807, 2.05) is 0 Å². The summed E-state index contributed by atoms with van der Waals surface area (Å²) in [6.45, 7) is 0. The van der Waals surface area contributed by atoms with Crippen molar-refractivity contribution in [3.8, 4) is 0 Å². The van der Waals surface area contributed by atoms with Crippen molar-refractivity contribution in [1.29, 1.82) is 0 Å². The number of imidazole rings is 1. The Hall–Kier alpha value is -0.840. The van der Waals surface area contributed by atoms with Crippen LogP contribution < -0.4 is 0 Å². The standard InChI is InChI=1S/C6H7BrN2O2/c7-5(6(10)11)1-4-2-8-3-9-4/h2-3,5H,1H2,(H,8,9)(H,10,11). The molecule has 0 saturated carbocycles. The number of hydrogen-bond acceptors (Lipinski definition) is 2. The van der Waals surface area contributed by atoms with Crippen LogP contribution in [0.15, 0.2) is 12.5 Å². The summed E-state index contributed by atoms with van der Waals surface area (Å²) < 4.78 is 0. The third-order valence-electron chi connectivity index (χ3n) is 1.21. The monoisotopic (exact) mass is 218 g/mol. The van der Waals surface area contributed by atoms with Gasteiger partial charge in [-0.15, -0.1) is 0 Å². The molecule has 5 heteroatoms. The smallest absolute Gasteiger partial charge is 0.317 e. The topological polar surface area (TPSA) is 66.0 Å². The fraction of sp³-hybridized carbons (Fsp3) is 0.333. The second-order valence-corrected chi connectivity index (χ2v) is 3.18. The Morgan fingerprint density at radius 1 is 1.91 bits per heavy atom. The van der Waals surface area contributed by atoms with Gasteiger partial charge in [-0.1, -0.05) is 15.9 Å². The summed E-state index contributed by atoms with van der Waals surface area (Å²) in [6, 6.07) is 0. The number of hydrogen-bond donors (Lipinski definition) is 2. The molecule has 1 rings (SSSR count). The summed E-state index contributed by atoms with van der Waals surface area (Å²) in [5.74, 6) is -0.868. The first-order valence-corrected chi connectivity index (χ1v) is 3.96. The lowest BCUT2D eigenvalue weighted by molar-refractivity contribution is -0.136. The quantitative estimate of drug-likeness (QED) is 0.739. The van der Waals surface area contributed by atoms with Gasteiger partial charge >= 0.3 is 5.97 Å². The number of nitrogens with zero attached hydrogens (tertiary/aromatic N) is 1. The molecule has 0 radical (unpaired) electrons. The zero-order valence-corrected chi connectivity index (χ0v) is 7.21. The van der Waals surface area contributed by atoms with Crippen LogP contribution in [0.5, 0.6) is 0 Å². The second kappa shape index (κ2) is 3.52. The predicted octanol–water partition coefficient (Wildman–Crippen LogP) is 0.800. The van der Waals surface area contributed by atoms with Gasteiger partial charge in [0.1, 0.15) is 4.83 Å². The van der Waals surface area contributed by atoms with Crippen molar-refractivity contribution in [3.63, 3.8) is 0 Å². The van der Waals surface area contributed by atoms with Crippen LogP contribution in [-0.2, 0) is 11.2 Å². The molecule has 0 spiro atoms. The molecule has 60 valence electrons. The SMILES string of the molecule is O=C(O)C(Br)Cc1c[nH]cn1. The number of halogens is 1. The van der Waals surface area contributed by atoms with Gasteiger partial charge in [-0.05, 0) is 0 Å². The minimum absolute atomic E-state index is 0.402. The van der Waals surface area contributed by atoms with Crippen LogP contribution in [0.2, 0.25) is 0 Å². The summed E-state index contributed by atoms with van der Waals surface area (Å²) >= 11 is 3.01. The lowest BCUT2D eigenvalue weighted by Crippen LogP contribution is -2.15. The minimum Gasteiger partial charge on any atom is -0.480 e. The molecule has 4 nitrogen and oxygen atoms in total. The molecular formula is C6H7BrN2O2. The number of carboxylic acid groups (broad SMARTS) is 1. The molecule has 11 heavy (non-hydrogen) atoms. The van der Waals surface area contributed by atoms with Gasteiger partial charge in [0.15, 0.2) is 0 Å². The van der Waals surface area contributed by atoms with Gasteiger partial charge in [0, 0.05) is 12.6 Å². The highest BCUT2D eigenvalue weighted by Gasteiger charge is 2.13. The van der Waals surface area contributed by atoms with E-state index in [0.29, 0.717) is 6.42 Å². The summed E-state index contributed by atoms with van der Waals surface area (Å²) in [5.41, 5.74) is 0.745. The first-order chi connectivity index (χ1) is 5.20. The van der Waals surface area contributed by atoms with Gasteiger partial charge in [-0.3, -0.25) is 4.79 Å². The highest BCUT2D eigenvalue weighted by Crippen LogP contribution is 2.06. The number of aromatic nitrogens is 2. The molecule has 0 aliphatic heterocycles. The molecule has 0 saturated heterocycles. The average Bonchev–Trinajstić information content (AvgIpc) is 2.39. The maximum absolute atomic E-state index is 10.3. The lowest BCUT2D eigenvalue weighted by atomic mass is 10.2. The van der Waals surface area contributed by atoms with E-state index in [9.17, 15) is 4.79 Å². The van der Waals surface area contributed by atoms with Crippen LogP contribution in [0.3, 0.4) is 0 Å². The highest BCUT2D eigenvalue weighted by atomic mass is 79.9. The van der Waals surface area contributed by atoms with E-state index >= 15 is 0 Å². The fourth-order valence-electron chi connectivity index (χ4n) is 0.673. The first kappa shape index (κ1) is 8.26. The molecule has 1 atom stereocenters. The van der Waals surface area contributed by atoms with Crippen molar-refractivity contribution in [2.45, 2.75) is 11.2 Å². The molecule has 0 amide bonds. The van der Waals surface area contributed by atoms with Crippen LogP contribution >= 0.6 is 15.9 Å². The van der Waals surface area contributed by atoms with Gasteiger partial charge in [-0.25, -0.2) is 4.98 Å². The molecule has 2 N–H and O–H groups in total. The molecule has 0 aliphatic rings. The van der Waals surface area contributed by atoms with Crippen LogP contribution in [-0.4, -0.2) is 25.9 Å². The maximum Gasteiger partial charge on any atom is 0.317 e. The van der Waals surface area contributed by atoms with Crippen LogP contribution in [0.1, 0.15) is 5.69 Å². The Morgan fingerprint density at radius 2 is 2.64 bits per heavy atom. The Labute approximate surface area is 71.8 Å². The largest absolute Gasteiger partial charge is 0.480 e. The van der Waals surface area contributed by atoms with E-state index in [4.69, 9.17) is 5.11 Å². The minimum atomic E-state index is -0.868. The van der Waals surface area contributed by atoms with Crippen molar-refractivity contribution < 1.29 is 9.90 Å². The number of carboxylic acids is 1. The maximum atomic E-state index is 10.3. The van der Waals surface area contributed by atoms with E-state index in [0.717, 1.165) is 5.69 Å². The Balaban J connectivity index is 2.50. The number of nitrogens with one attached hydrogen (secondary N) is 1. The Kier molecular flexibility index (Phi) is 2.64. The molecule has 0 fully saturated rings. The Morgan fingerprint density at radius 3 is 3.09 bits per heavy atom. The van der Waals surface area contributed by atoms with Gasteiger partial charge < -0.3 is 10.1 Å². The molecule has 0 bridgehead atoms. The average molecular weight is 219 g/mol. The fourth-order valence-corrected chi connectivity index (χ4v) is 1.01. The van der Waals surface area contributed by atoms with Crippen molar-refractivity contribution >= 4 is 21.9 Å². The lowest BCUT2D eigenvalue weighted by Gasteiger charge is -1.99. The van der Waals surface area contributed by atoms with Gasteiger partial charge in [0.25, 0.3) is 0 Å². The van der Waals surface area contributed by atoms with Gasteiger partial charge in [0.2, 0.25) is 0 Å². The number of carbonyl (C=O) groups is 1. The van der Waals surface area contributed by atoms with Gasteiger partial charge in [-0.2, -0.15) is 0 Å². The molecule has 0 aromatic carbocycles.